The first-order chi connectivity index (χ1) is 9.77. The van der Waals surface area contributed by atoms with Crippen molar-refractivity contribution in [3.05, 3.63) is 22.7 Å². The van der Waals surface area contributed by atoms with Crippen LogP contribution in [0.1, 0.15) is 56.3 Å². The summed E-state index contributed by atoms with van der Waals surface area (Å²) < 4.78 is 0. The Kier molecular flexibility index (Phi) is 6.08. The molecule has 0 fully saturated rings. The van der Waals surface area contributed by atoms with Crippen LogP contribution in [0.4, 0.5) is 0 Å². The third kappa shape index (κ3) is 4.39. The van der Waals surface area contributed by atoms with E-state index in [-0.39, 0.29) is 22.6 Å². The maximum atomic E-state index is 12.2. The molecular formula is C14H20ClN3O3. The monoisotopic (exact) mass is 313 g/mol. The predicted molar refractivity (Wildman–Crippen MR) is 79.5 cm³/mol. The minimum absolute atomic E-state index is 0.00456. The molecule has 2 N–H and O–H groups in total. The molecule has 21 heavy (non-hydrogen) atoms. The molecule has 1 amide bonds. The van der Waals surface area contributed by atoms with E-state index in [1.165, 1.54) is 6.20 Å². The van der Waals surface area contributed by atoms with Gasteiger partial charge in [0.1, 0.15) is 17.6 Å². The normalized spacial score (nSPS) is 13.8. The molecule has 1 rings (SSSR count). The summed E-state index contributed by atoms with van der Waals surface area (Å²) in [7, 11) is 0. The quantitative estimate of drug-likeness (QED) is 0.841. The van der Waals surface area contributed by atoms with Crippen LogP contribution in [0, 0.1) is 5.92 Å². The molecule has 0 spiro atoms. The second-order valence-electron chi connectivity index (χ2n) is 5.25. The molecule has 6 nitrogen and oxygen atoms in total. The van der Waals surface area contributed by atoms with Gasteiger partial charge in [0.2, 0.25) is 0 Å². The van der Waals surface area contributed by atoms with E-state index >= 15 is 0 Å². The van der Waals surface area contributed by atoms with Gasteiger partial charge < -0.3 is 10.4 Å². The Morgan fingerprint density at radius 2 is 2.00 bits per heavy atom. The Labute approximate surface area is 128 Å². The van der Waals surface area contributed by atoms with E-state index in [0.717, 1.165) is 0 Å². The van der Waals surface area contributed by atoms with E-state index in [9.17, 15) is 14.7 Å². The fraction of sp³-hybridized carbons (Fsp3) is 0.571. The maximum absolute atomic E-state index is 12.2. The number of rotatable bonds is 6. The fourth-order valence-corrected chi connectivity index (χ4v) is 1.89. The zero-order valence-electron chi connectivity index (χ0n) is 12.6. The lowest BCUT2D eigenvalue weighted by molar-refractivity contribution is -0.140. The minimum atomic E-state index is -1.08. The molecule has 0 radical (unpaired) electrons. The summed E-state index contributed by atoms with van der Waals surface area (Å²) in [6.45, 7) is 7.41. The van der Waals surface area contributed by atoms with Crippen molar-refractivity contribution in [1.29, 1.82) is 0 Å². The zero-order valence-corrected chi connectivity index (χ0v) is 13.3. The lowest BCUT2D eigenvalue weighted by Gasteiger charge is -2.20. The average molecular weight is 314 g/mol. The van der Waals surface area contributed by atoms with Crippen molar-refractivity contribution in [2.45, 2.75) is 46.1 Å². The number of aromatic nitrogens is 2. The highest BCUT2D eigenvalue weighted by molar-refractivity contribution is 6.33. The van der Waals surface area contributed by atoms with E-state index < -0.39 is 17.9 Å². The molecule has 1 aromatic rings. The molecule has 0 aliphatic rings. The maximum Gasteiger partial charge on any atom is 0.326 e. The highest BCUT2D eigenvalue weighted by atomic mass is 35.5. The summed E-state index contributed by atoms with van der Waals surface area (Å²) in [6.07, 6.45) is 1.99. The molecular weight excluding hydrogens is 294 g/mol. The van der Waals surface area contributed by atoms with Crippen LogP contribution in [0.15, 0.2) is 6.20 Å². The topological polar surface area (TPSA) is 92.2 Å². The SMILES string of the molecule is CCC(C)C(NC(=O)c1nc(C(C)C)ncc1Cl)C(=O)O. The number of hydrogen-bond donors (Lipinski definition) is 2. The second kappa shape index (κ2) is 7.36. The van der Waals surface area contributed by atoms with E-state index in [1.54, 1.807) is 6.92 Å². The predicted octanol–water partition coefficient (Wildman–Crippen LogP) is 2.48. The number of carboxylic acids is 1. The molecule has 1 aromatic heterocycles. The smallest absolute Gasteiger partial charge is 0.326 e. The van der Waals surface area contributed by atoms with Gasteiger partial charge in [0, 0.05) is 5.92 Å². The van der Waals surface area contributed by atoms with Gasteiger partial charge in [-0.25, -0.2) is 14.8 Å². The number of halogens is 1. The van der Waals surface area contributed by atoms with Crippen LogP contribution in [0.25, 0.3) is 0 Å². The first kappa shape index (κ1) is 17.4. The number of aliphatic carboxylic acids is 1. The number of carbonyl (C=O) groups excluding carboxylic acids is 1. The van der Waals surface area contributed by atoms with Gasteiger partial charge in [0.05, 0.1) is 11.2 Å². The van der Waals surface area contributed by atoms with Gasteiger partial charge in [0.15, 0.2) is 0 Å². The van der Waals surface area contributed by atoms with E-state index in [2.05, 4.69) is 15.3 Å². The number of hydrogen-bond acceptors (Lipinski definition) is 4. The highest BCUT2D eigenvalue weighted by Gasteiger charge is 2.27. The molecule has 0 aliphatic carbocycles. The van der Waals surface area contributed by atoms with E-state index in [4.69, 9.17) is 11.6 Å². The van der Waals surface area contributed by atoms with Gasteiger partial charge in [-0.15, -0.1) is 0 Å². The number of carboxylic acid groups (broad SMARTS) is 1. The Balaban J connectivity index is 3.02. The van der Waals surface area contributed by atoms with E-state index in [1.807, 2.05) is 20.8 Å². The van der Waals surface area contributed by atoms with Gasteiger partial charge in [-0.3, -0.25) is 4.79 Å². The molecule has 0 saturated heterocycles. The molecule has 1 heterocycles. The van der Waals surface area contributed by atoms with Gasteiger partial charge in [-0.2, -0.15) is 0 Å². The Morgan fingerprint density at radius 1 is 1.38 bits per heavy atom. The summed E-state index contributed by atoms with van der Waals surface area (Å²) in [5.74, 6) is -1.35. The fourth-order valence-electron chi connectivity index (χ4n) is 1.71. The van der Waals surface area contributed by atoms with Crippen LogP contribution in [-0.2, 0) is 4.79 Å². The molecule has 2 unspecified atom stereocenters. The largest absolute Gasteiger partial charge is 0.480 e. The molecule has 0 aliphatic heterocycles. The van der Waals surface area contributed by atoms with Crippen molar-refractivity contribution in [3.8, 4) is 0 Å². The van der Waals surface area contributed by atoms with Gasteiger partial charge in [0.25, 0.3) is 5.91 Å². The molecule has 116 valence electrons. The van der Waals surface area contributed by atoms with Crippen LogP contribution in [0.5, 0.6) is 0 Å². The third-order valence-corrected chi connectivity index (χ3v) is 3.54. The number of carbonyl (C=O) groups is 2. The third-order valence-electron chi connectivity index (χ3n) is 3.26. The van der Waals surface area contributed by atoms with Crippen LogP contribution >= 0.6 is 11.6 Å². The number of nitrogens with one attached hydrogen (secondary N) is 1. The molecule has 2 atom stereocenters. The molecule has 0 saturated carbocycles. The Bertz CT molecular complexity index is 534. The lowest BCUT2D eigenvalue weighted by atomic mass is 9.99. The number of amides is 1. The summed E-state index contributed by atoms with van der Waals surface area (Å²) in [5, 5.41) is 11.8. The first-order valence-corrected chi connectivity index (χ1v) is 7.21. The highest BCUT2D eigenvalue weighted by Crippen LogP contribution is 2.17. The first-order valence-electron chi connectivity index (χ1n) is 6.84. The van der Waals surface area contributed by atoms with Crippen LogP contribution in [-0.4, -0.2) is 33.0 Å². The molecule has 0 bridgehead atoms. The average Bonchev–Trinajstić information content (AvgIpc) is 2.43. The van der Waals surface area contributed by atoms with Crippen LogP contribution in [0.3, 0.4) is 0 Å². The van der Waals surface area contributed by atoms with Crippen molar-refractivity contribution in [1.82, 2.24) is 15.3 Å². The van der Waals surface area contributed by atoms with Gasteiger partial charge in [-0.1, -0.05) is 45.7 Å². The van der Waals surface area contributed by atoms with Crippen molar-refractivity contribution >= 4 is 23.5 Å². The summed E-state index contributed by atoms with van der Waals surface area (Å²) in [4.78, 5) is 31.6. The van der Waals surface area contributed by atoms with Crippen LogP contribution in [0.2, 0.25) is 5.02 Å². The minimum Gasteiger partial charge on any atom is -0.480 e. The molecule has 7 heteroatoms. The lowest BCUT2D eigenvalue weighted by Crippen LogP contribution is -2.45. The second-order valence-corrected chi connectivity index (χ2v) is 5.66. The van der Waals surface area contributed by atoms with Crippen molar-refractivity contribution in [2.75, 3.05) is 0 Å². The van der Waals surface area contributed by atoms with Gasteiger partial charge in [-0.05, 0) is 5.92 Å². The van der Waals surface area contributed by atoms with Crippen molar-refractivity contribution in [3.63, 3.8) is 0 Å². The summed E-state index contributed by atoms with van der Waals surface area (Å²) in [6, 6.07) is -0.976. The summed E-state index contributed by atoms with van der Waals surface area (Å²) in [5.41, 5.74) is 0.00456. The molecule has 0 aromatic carbocycles. The number of nitrogens with zero attached hydrogens (tertiary/aromatic N) is 2. The Morgan fingerprint density at radius 3 is 2.48 bits per heavy atom. The Hall–Kier alpha value is -1.69. The van der Waals surface area contributed by atoms with Crippen LogP contribution < -0.4 is 5.32 Å². The zero-order chi connectivity index (χ0) is 16.2. The van der Waals surface area contributed by atoms with Crippen molar-refractivity contribution in [2.24, 2.45) is 5.92 Å². The summed E-state index contributed by atoms with van der Waals surface area (Å²) >= 11 is 5.94. The van der Waals surface area contributed by atoms with Gasteiger partial charge >= 0.3 is 5.97 Å². The standard InChI is InChI=1S/C14H20ClN3O3/c1-5-8(4)10(14(20)21)18-13(19)11-9(15)6-16-12(17-11)7(2)3/h6-8,10H,5H2,1-4H3,(H,18,19)(H,20,21). The van der Waals surface area contributed by atoms with Crippen molar-refractivity contribution < 1.29 is 14.7 Å². The van der Waals surface area contributed by atoms with E-state index in [0.29, 0.717) is 12.2 Å².